The Bertz CT molecular complexity index is 947. The molecule has 4 rings (SSSR count). The highest BCUT2D eigenvalue weighted by atomic mass is 16.6. The lowest BCUT2D eigenvalue weighted by Crippen LogP contribution is -2.35. The number of benzene rings is 2. The van der Waals surface area contributed by atoms with Crippen LogP contribution in [0.15, 0.2) is 42.5 Å². The molecule has 1 fully saturated rings. The number of nitrogens with zero attached hydrogens (tertiary/aromatic N) is 1. The number of rotatable bonds is 11. The zero-order chi connectivity index (χ0) is 23.9. The van der Waals surface area contributed by atoms with Crippen molar-refractivity contribution in [3.05, 3.63) is 48.0 Å². The Hall–Kier alpha value is -2.77. The third-order valence-corrected chi connectivity index (χ3v) is 6.71. The van der Waals surface area contributed by atoms with Gasteiger partial charge in [-0.25, -0.2) is 0 Å². The molecule has 0 amide bonds. The van der Waals surface area contributed by atoms with Crippen molar-refractivity contribution in [2.24, 2.45) is 5.92 Å². The van der Waals surface area contributed by atoms with Crippen LogP contribution in [0.2, 0.25) is 0 Å². The Morgan fingerprint density at radius 3 is 2.56 bits per heavy atom. The predicted molar refractivity (Wildman–Crippen MR) is 129 cm³/mol. The molecule has 0 aromatic heterocycles. The van der Waals surface area contributed by atoms with Crippen molar-refractivity contribution in [1.29, 1.82) is 0 Å². The minimum atomic E-state index is -0.768. The topological polar surface area (TPSA) is 77.5 Å². The van der Waals surface area contributed by atoms with Crippen molar-refractivity contribution in [1.82, 2.24) is 4.90 Å². The van der Waals surface area contributed by atoms with Gasteiger partial charge in [-0.1, -0.05) is 6.07 Å². The number of carbonyl (C=O) groups excluding carboxylic acids is 1. The largest absolute Gasteiger partial charge is 0.497 e. The average Bonchev–Trinajstić information content (AvgIpc) is 3.27. The van der Waals surface area contributed by atoms with Crippen LogP contribution in [0.4, 0.5) is 0 Å². The summed E-state index contributed by atoms with van der Waals surface area (Å²) in [5.74, 6) is 2.68. The maximum absolute atomic E-state index is 12.9. The van der Waals surface area contributed by atoms with Crippen LogP contribution in [0.1, 0.15) is 44.3 Å². The monoisotopic (exact) mass is 469 g/mol. The van der Waals surface area contributed by atoms with E-state index in [1.54, 1.807) is 7.11 Å². The lowest BCUT2D eigenvalue weighted by atomic mass is 9.89. The van der Waals surface area contributed by atoms with Crippen LogP contribution in [0, 0.1) is 5.92 Å². The fourth-order valence-corrected chi connectivity index (χ4v) is 4.71. The van der Waals surface area contributed by atoms with Crippen molar-refractivity contribution in [3.63, 3.8) is 0 Å². The van der Waals surface area contributed by atoms with Gasteiger partial charge in [0.05, 0.1) is 19.8 Å². The van der Waals surface area contributed by atoms with Gasteiger partial charge in [-0.15, -0.1) is 0 Å². The first-order chi connectivity index (χ1) is 16.5. The molecule has 2 heterocycles. The quantitative estimate of drug-likeness (QED) is 0.532. The number of hydrogen-bond acceptors (Lipinski definition) is 7. The molecule has 7 nitrogen and oxygen atoms in total. The number of fused-ring (bicyclic) bond motifs is 1. The molecule has 2 aliphatic rings. The van der Waals surface area contributed by atoms with Gasteiger partial charge in [0, 0.05) is 31.3 Å². The molecule has 1 unspecified atom stereocenters. The molecule has 2 aliphatic heterocycles. The molecule has 2 aromatic carbocycles. The summed E-state index contributed by atoms with van der Waals surface area (Å²) >= 11 is 0. The summed E-state index contributed by atoms with van der Waals surface area (Å²) in [4.78, 5) is 15.3. The molecule has 0 bridgehead atoms. The molecular formula is C27H35NO6. The second kappa shape index (κ2) is 11.6. The minimum Gasteiger partial charge on any atom is -0.497 e. The summed E-state index contributed by atoms with van der Waals surface area (Å²) in [7, 11) is 1.62. The Kier molecular flexibility index (Phi) is 8.29. The Morgan fingerprint density at radius 2 is 1.85 bits per heavy atom. The molecule has 1 saturated heterocycles. The summed E-state index contributed by atoms with van der Waals surface area (Å²) in [5, 5.41) is 11.3. The van der Waals surface area contributed by atoms with Crippen LogP contribution >= 0.6 is 0 Å². The Balaban J connectivity index is 1.38. The molecule has 0 saturated carbocycles. The van der Waals surface area contributed by atoms with Crippen molar-refractivity contribution in [2.75, 3.05) is 40.0 Å². The molecular weight excluding hydrogens is 434 g/mol. The van der Waals surface area contributed by atoms with Crippen LogP contribution in [-0.2, 0) is 4.79 Å². The molecule has 3 atom stereocenters. The number of Topliss-reactive ketones (excluding diaryl/α,β-unsaturated/α-hetero) is 1. The van der Waals surface area contributed by atoms with E-state index in [1.165, 1.54) is 0 Å². The number of hydrogen-bond donors (Lipinski definition) is 1. The highest BCUT2D eigenvalue weighted by Crippen LogP contribution is 2.36. The maximum atomic E-state index is 12.9. The van der Waals surface area contributed by atoms with E-state index >= 15 is 0 Å². The zero-order valence-electron chi connectivity index (χ0n) is 20.1. The summed E-state index contributed by atoms with van der Waals surface area (Å²) in [6.07, 6.45) is 2.13. The normalized spacial score (nSPS) is 19.4. The van der Waals surface area contributed by atoms with Crippen molar-refractivity contribution < 1.29 is 28.8 Å². The van der Waals surface area contributed by atoms with E-state index in [9.17, 15) is 9.90 Å². The molecule has 34 heavy (non-hydrogen) atoms. The fourth-order valence-electron chi connectivity index (χ4n) is 4.71. The van der Waals surface area contributed by atoms with Gasteiger partial charge in [-0.05, 0) is 68.3 Å². The number of methoxy groups -OCH3 is 1. The second-order valence-corrected chi connectivity index (χ2v) is 9.11. The van der Waals surface area contributed by atoms with Crippen molar-refractivity contribution in [2.45, 2.75) is 44.8 Å². The average molecular weight is 470 g/mol. The molecule has 0 spiro atoms. The van der Waals surface area contributed by atoms with Gasteiger partial charge >= 0.3 is 0 Å². The molecule has 2 aromatic rings. The summed E-state index contributed by atoms with van der Waals surface area (Å²) in [5.41, 5.74) is 0.753. The maximum Gasteiger partial charge on any atom is 0.161 e. The van der Waals surface area contributed by atoms with Crippen LogP contribution in [0.25, 0.3) is 0 Å². The highest BCUT2D eigenvalue weighted by molar-refractivity contribution is 5.78. The van der Waals surface area contributed by atoms with E-state index < -0.39 is 6.10 Å². The van der Waals surface area contributed by atoms with Gasteiger partial charge in [0.1, 0.15) is 30.5 Å². The number of aliphatic hydroxyl groups is 1. The third-order valence-electron chi connectivity index (χ3n) is 6.71. The van der Waals surface area contributed by atoms with Gasteiger partial charge in [-0.2, -0.15) is 0 Å². The van der Waals surface area contributed by atoms with Crippen molar-refractivity contribution >= 4 is 5.78 Å². The number of ether oxygens (including phenoxy) is 4. The highest BCUT2D eigenvalue weighted by Gasteiger charge is 2.30. The summed E-state index contributed by atoms with van der Waals surface area (Å²) in [6.45, 7) is 5.22. The van der Waals surface area contributed by atoms with Crippen LogP contribution in [0.5, 0.6) is 23.0 Å². The number of likely N-dealkylation sites (tertiary alicyclic amines) is 1. The minimum absolute atomic E-state index is 0.0851. The van der Waals surface area contributed by atoms with Gasteiger partial charge < -0.3 is 29.0 Å². The third kappa shape index (κ3) is 6.21. The molecule has 184 valence electrons. The van der Waals surface area contributed by atoms with E-state index in [0.29, 0.717) is 62.5 Å². The van der Waals surface area contributed by atoms with Gasteiger partial charge in [0.15, 0.2) is 11.5 Å². The lowest BCUT2D eigenvalue weighted by molar-refractivity contribution is -0.121. The van der Waals surface area contributed by atoms with E-state index in [4.69, 9.17) is 18.9 Å². The number of aliphatic hydroxyl groups excluding tert-OH is 1. The smallest absolute Gasteiger partial charge is 0.161 e. The van der Waals surface area contributed by atoms with Crippen LogP contribution in [0.3, 0.4) is 0 Å². The van der Waals surface area contributed by atoms with E-state index in [2.05, 4.69) is 11.8 Å². The molecule has 0 radical (unpaired) electrons. The van der Waals surface area contributed by atoms with Gasteiger partial charge in [-0.3, -0.25) is 4.79 Å². The lowest BCUT2D eigenvalue weighted by Gasteiger charge is -2.30. The molecule has 0 aliphatic carbocycles. The number of carbonyl (C=O) groups is 1. The Labute approximate surface area is 201 Å². The first kappa shape index (κ1) is 24.4. The number of ketones is 1. The first-order valence-corrected chi connectivity index (χ1v) is 12.1. The summed E-state index contributed by atoms with van der Waals surface area (Å²) < 4.78 is 22.2. The Morgan fingerprint density at radius 1 is 1.12 bits per heavy atom. The molecule has 1 N–H and O–H groups in total. The van der Waals surface area contributed by atoms with Crippen LogP contribution in [-0.4, -0.2) is 61.9 Å². The first-order valence-electron chi connectivity index (χ1n) is 12.1. The predicted octanol–water partition coefficient (Wildman–Crippen LogP) is 4.03. The standard InChI is InChI=1S/C27H35NO6/c1-19-4-3-12-28(19)18-21(27(30)20-5-10-25-26(17-20)34-15-14-33-25)16-22(29)11-13-32-24-8-6-23(31-2)7-9-24/h5-10,17,19,21,27,30H,3-4,11-16,18H2,1-2H3/t19?,21-,27+/m1/s1. The van der Waals surface area contributed by atoms with E-state index in [-0.39, 0.29) is 11.7 Å². The summed E-state index contributed by atoms with van der Waals surface area (Å²) in [6, 6.07) is 13.3. The van der Waals surface area contributed by atoms with Gasteiger partial charge in [0.2, 0.25) is 0 Å². The fraction of sp³-hybridized carbons (Fsp3) is 0.519. The van der Waals surface area contributed by atoms with Gasteiger partial charge in [0.25, 0.3) is 0 Å². The zero-order valence-corrected chi connectivity index (χ0v) is 20.1. The SMILES string of the molecule is COc1ccc(OCCC(=O)C[C@H](CN2CCCC2C)[C@@H](O)c2ccc3c(c2)OCCO3)cc1. The van der Waals surface area contributed by atoms with E-state index in [0.717, 1.165) is 30.7 Å². The van der Waals surface area contributed by atoms with E-state index in [1.807, 2.05) is 42.5 Å². The second-order valence-electron chi connectivity index (χ2n) is 9.11. The van der Waals surface area contributed by atoms with Crippen LogP contribution < -0.4 is 18.9 Å². The molecule has 7 heteroatoms. The van der Waals surface area contributed by atoms with Crippen molar-refractivity contribution in [3.8, 4) is 23.0 Å².